The second-order valence-electron chi connectivity index (χ2n) is 4.35. The molecule has 110 valence electrons. The fourth-order valence-electron chi connectivity index (χ4n) is 1.87. The summed E-state index contributed by atoms with van der Waals surface area (Å²) in [4.78, 5) is 10.5. The minimum atomic E-state index is -4.77. The smallest absolute Gasteiger partial charge is 0.406 e. The molecule has 2 rings (SSSR count). The average Bonchev–Trinajstić information content (AvgIpc) is 2.38. The van der Waals surface area contributed by atoms with Crippen LogP contribution in [-0.2, 0) is 0 Å². The quantitative estimate of drug-likeness (QED) is 0.620. The molecule has 0 aliphatic heterocycles. The van der Waals surface area contributed by atoms with Gasteiger partial charge in [-0.25, -0.2) is 0 Å². The number of aryl methyl sites for hydroxylation is 1. The molecule has 0 heterocycles. The Morgan fingerprint density at radius 1 is 1.10 bits per heavy atom. The molecular weight excluding hydrogens is 287 g/mol. The minimum absolute atomic E-state index is 0.0977. The average molecular weight is 297 g/mol. The zero-order valence-corrected chi connectivity index (χ0v) is 10.8. The van der Waals surface area contributed by atoms with Crippen LogP contribution in [0, 0.1) is 17.0 Å². The molecule has 7 heteroatoms. The van der Waals surface area contributed by atoms with Crippen LogP contribution in [0.2, 0.25) is 0 Å². The predicted octanol–water partition coefficient (Wildman–Crippen LogP) is 4.47. The molecule has 0 unspecified atom stereocenters. The standard InChI is InChI=1S/C14H10F3NO3/c1-9-2-7-12(13(8-9)18(19)20)10-3-5-11(6-4-10)21-14(15,16)17/h2-8H,1H3. The molecule has 0 bridgehead atoms. The van der Waals surface area contributed by atoms with Gasteiger partial charge in [-0.15, -0.1) is 13.2 Å². The third-order valence-corrected chi connectivity index (χ3v) is 2.75. The Bertz CT molecular complexity index is 666. The zero-order chi connectivity index (χ0) is 15.6. The van der Waals surface area contributed by atoms with Crippen molar-refractivity contribution in [3.63, 3.8) is 0 Å². The molecule has 0 saturated heterocycles. The Hall–Kier alpha value is -2.57. The summed E-state index contributed by atoms with van der Waals surface area (Å²) in [7, 11) is 0. The van der Waals surface area contributed by atoms with Crippen LogP contribution in [0.25, 0.3) is 11.1 Å². The first-order valence-electron chi connectivity index (χ1n) is 5.87. The molecule has 0 aliphatic carbocycles. The van der Waals surface area contributed by atoms with E-state index in [0.29, 0.717) is 11.1 Å². The van der Waals surface area contributed by atoms with E-state index in [2.05, 4.69) is 4.74 Å². The van der Waals surface area contributed by atoms with Gasteiger partial charge in [0.05, 0.1) is 10.5 Å². The van der Waals surface area contributed by atoms with E-state index < -0.39 is 11.3 Å². The first kappa shape index (κ1) is 14.8. The van der Waals surface area contributed by atoms with Crippen LogP contribution in [0.1, 0.15) is 5.56 Å². The highest BCUT2D eigenvalue weighted by Gasteiger charge is 2.31. The van der Waals surface area contributed by atoms with Crippen LogP contribution < -0.4 is 4.74 Å². The lowest BCUT2D eigenvalue weighted by Gasteiger charge is -2.09. The lowest BCUT2D eigenvalue weighted by Crippen LogP contribution is -2.16. The maximum absolute atomic E-state index is 12.1. The topological polar surface area (TPSA) is 52.4 Å². The highest BCUT2D eigenvalue weighted by Crippen LogP contribution is 2.32. The molecule has 21 heavy (non-hydrogen) atoms. The Morgan fingerprint density at radius 2 is 1.71 bits per heavy atom. The van der Waals surface area contributed by atoms with E-state index in [9.17, 15) is 23.3 Å². The fourth-order valence-corrected chi connectivity index (χ4v) is 1.87. The van der Waals surface area contributed by atoms with Crippen molar-refractivity contribution >= 4 is 5.69 Å². The lowest BCUT2D eigenvalue weighted by atomic mass is 10.0. The van der Waals surface area contributed by atoms with E-state index >= 15 is 0 Å². The van der Waals surface area contributed by atoms with Crippen molar-refractivity contribution in [1.29, 1.82) is 0 Å². The van der Waals surface area contributed by atoms with Crippen LogP contribution in [0.3, 0.4) is 0 Å². The third kappa shape index (κ3) is 3.71. The van der Waals surface area contributed by atoms with Crippen molar-refractivity contribution in [2.24, 2.45) is 0 Å². The molecule has 4 nitrogen and oxygen atoms in total. The maximum Gasteiger partial charge on any atom is 0.573 e. The molecule has 0 aromatic heterocycles. The number of ether oxygens (including phenoxy) is 1. The molecule has 0 radical (unpaired) electrons. The number of halogens is 3. The first-order valence-corrected chi connectivity index (χ1v) is 5.87. The van der Waals surface area contributed by atoms with Gasteiger partial charge >= 0.3 is 6.36 Å². The Balaban J connectivity index is 2.37. The van der Waals surface area contributed by atoms with Gasteiger partial charge in [-0.2, -0.15) is 0 Å². The molecule has 0 spiro atoms. The fraction of sp³-hybridized carbons (Fsp3) is 0.143. The van der Waals surface area contributed by atoms with Crippen molar-refractivity contribution in [2.45, 2.75) is 13.3 Å². The molecule has 2 aromatic carbocycles. The van der Waals surface area contributed by atoms with Gasteiger partial charge in [-0.05, 0) is 36.2 Å². The number of hydrogen-bond donors (Lipinski definition) is 0. The molecule has 0 atom stereocenters. The van der Waals surface area contributed by atoms with Gasteiger partial charge in [0.15, 0.2) is 0 Å². The summed E-state index contributed by atoms with van der Waals surface area (Å²) in [5, 5.41) is 11.0. The minimum Gasteiger partial charge on any atom is -0.406 e. The van der Waals surface area contributed by atoms with E-state index in [1.165, 1.54) is 18.2 Å². The van der Waals surface area contributed by atoms with Crippen LogP contribution in [0.15, 0.2) is 42.5 Å². The number of nitro benzene ring substituents is 1. The molecule has 0 N–H and O–H groups in total. The molecule has 0 fully saturated rings. The number of nitrogens with zero attached hydrogens (tertiary/aromatic N) is 1. The monoisotopic (exact) mass is 297 g/mol. The van der Waals surface area contributed by atoms with Crippen LogP contribution in [-0.4, -0.2) is 11.3 Å². The summed E-state index contributed by atoms with van der Waals surface area (Å²) in [6.45, 7) is 1.72. The first-order chi connectivity index (χ1) is 9.76. The van der Waals surface area contributed by atoms with E-state index in [-0.39, 0.29) is 11.4 Å². The summed E-state index contributed by atoms with van der Waals surface area (Å²) < 4.78 is 40.0. The summed E-state index contributed by atoms with van der Waals surface area (Å²) in [5.74, 6) is -0.374. The van der Waals surface area contributed by atoms with E-state index in [1.807, 2.05) is 0 Å². The second kappa shape index (κ2) is 5.43. The number of rotatable bonds is 3. The van der Waals surface area contributed by atoms with Crippen LogP contribution in [0.4, 0.5) is 18.9 Å². The molecule has 0 aliphatic rings. The molecule has 0 saturated carbocycles. The summed E-state index contributed by atoms with van der Waals surface area (Å²) in [6, 6.07) is 9.60. The summed E-state index contributed by atoms with van der Waals surface area (Å²) in [5.41, 5.74) is 1.40. The van der Waals surface area contributed by atoms with E-state index in [1.54, 1.807) is 19.1 Å². The molecular formula is C14H10F3NO3. The lowest BCUT2D eigenvalue weighted by molar-refractivity contribution is -0.384. The molecule has 2 aromatic rings. The Kier molecular flexibility index (Phi) is 3.84. The van der Waals surface area contributed by atoms with E-state index in [4.69, 9.17) is 0 Å². The van der Waals surface area contributed by atoms with Gasteiger partial charge in [0.25, 0.3) is 5.69 Å². The Morgan fingerprint density at radius 3 is 2.24 bits per heavy atom. The van der Waals surface area contributed by atoms with Crippen LogP contribution >= 0.6 is 0 Å². The van der Waals surface area contributed by atoms with E-state index in [0.717, 1.165) is 17.7 Å². The van der Waals surface area contributed by atoms with Gasteiger partial charge in [0, 0.05) is 6.07 Å². The van der Waals surface area contributed by atoms with Crippen molar-refractivity contribution < 1.29 is 22.8 Å². The number of nitro groups is 1. The maximum atomic E-state index is 12.1. The summed E-state index contributed by atoms with van der Waals surface area (Å²) >= 11 is 0. The molecule has 0 amide bonds. The van der Waals surface area contributed by atoms with Crippen molar-refractivity contribution in [1.82, 2.24) is 0 Å². The summed E-state index contributed by atoms with van der Waals surface area (Å²) in [6.07, 6.45) is -4.77. The normalized spacial score (nSPS) is 11.2. The van der Waals surface area contributed by atoms with Crippen molar-refractivity contribution in [2.75, 3.05) is 0 Å². The predicted molar refractivity (Wildman–Crippen MR) is 70.0 cm³/mol. The number of alkyl halides is 3. The van der Waals surface area contributed by atoms with Gasteiger partial charge in [0.2, 0.25) is 0 Å². The van der Waals surface area contributed by atoms with Gasteiger partial charge in [0.1, 0.15) is 5.75 Å². The van der Waals surface area contributed by atoms with Gasteiger partial charge in [-0.1, -0.05) is 18.2 Å². The largest absolute Gasteiger partial charge is 0.573 e. The number of benzene rings is 2. The zero-order valence-electron chi connectivity index (χ0n) is 10.8. The van der Waals surface area contributed by atoms with Crippen molar-refractivity contribution in [3.05, 3.63) is 58.1 Å². The van der Waals surface area contributed by atoms with Gasteiger partial charge in [-0.3, -0.25) is 10.1 Å². The third-order valence-electron chi connectivity index (χ3n) is 2.75. The second-order valence-corrected chi connectivity index (χ2v) is 4.35. The van der Waals surface area contributed by atoms with Crippen LogP contribution in [0.5, 0.6) is 5.75 Å². The van der Waals surface area contributed by atoms with Crippen molar-refractivity contribution in [3.8, 4) is 16.9 Å². The SMILES string of the molecule is Cc1ccc(-c2ccc(OC(F)(F)F)cc2)c([N+](=O)[O-])c1. The van der Waals surface area contributed by atoms with Gasteiger partial charge < -0.3 is 4.74 Å². The Labute approximate surface area is 117 Å². The highest BCUT2D eigenvalue weighted by molar-refractivity contribution is 5.74. The highest BCUT2D eigenvalue weighted by atomic mass is 19.4. The number of hydrogen-bond acceptors (Lipinski definition) is 3.